The highest BCUT2D eigenvalue weighted by Crippen LogP contribution is 2.31. The summed E-state index contributed by atoms with van der Waals surface area (Å²) in [7, 11) is 0. The van der Waals surface area contributed by atoms with Crippen LogP contribution in [0.15, 0.2) is 28.7 Å². The van der Waals surface area contributed by atoms with Gasteiger partial charge in [0.15, 0.2) is 0 Å². The first kappa shape index (κ1) is 14.4. The fourth-order valence-electron chi connectivity index (χ4n) is 1.41. The number of hydrogen-bond acceptors (Lipinski definition) is 4. The van der Waals surface area contributed by atoms with E-state index in [0.717, 1.165) is 11.8 Å². The average molecular weight is 303 g/mol. The topological polar surface area (TPSA) is 37.3 Å². The van der Waals surface area contributed by atoms with Crippen LogP contribution >= 0.6 is 11.3 Å². The second kappa shape index (κ2) is 5.58. The second-order valence-electron chi connectivity index (χ2n) is 3.90. The van der Waals surface area contributed by atoms with Gasteiger partial charge in [-0.05, 0) is 24.6 Å². The molecule has 1 aromatic carbocycles. The van der Waals surface area contributed by atoms with Gasteiger partial charge in [0, 0.05) is 5.38 Å². The van der Waals surface area contributed by atoms with E-state index in [1.165, 1.54) is 23.6 Å². The van der Waals surface area contributed by atoms with Crippen LogP contribution in [-0.2, 0) is 6.18 Å². The summed E-state index contributed by atoms with van der Waals surface area (Å²) in [4.78, 5) is 4.07. The Balaban J connectivity index is 2.13. The molecule has 106 valence electrons. The highest BCUT2D eigenvalue weighted by atomic mass is 32.1. The third kappa shape index (κ3) is 3.53. The highest BCUT2D eigenvalue weighted by Gasteiger charge is 2.34. The van der Waals surface area contributed by atoms with Crippen LogP contribution in [0.1, 0.15) is 16.8 Å². The van der Waals surface area contributed by atoms with Crippen LogP contribution in [0.2, 0.25) is 0 Å². The van der Waals surface area contributed by atoms with E-state index < -0.39 is 17.6 Å². The van der Waals surface area contributed by atoms with Crippen molar-refractivity contribution in [1.82, 2.24) is 4.98 Å². The molecule has 0 amide bonds. The van der Waals surface area contributed by atoms with E-state index in [0.29, 0.717) is 11.2 Å². The van der Waals surface area contributed by atoms with Crippen LogP contribution in [0.3, 0.4) is 0 Å². The SMILES string of the molecule is Cc1csc(NN=Cc2ccc(F)c(C(F)(F)F)c2)n1. The number of hydrogen-bond donors (Lipinski definition) is 1. The lowest BCUT2D eigenvalue weighted by Gasteiger charge is -2.08. The number of nitrogens with zero attached hydrogens (tertiary/aromatic N) is 2. The van der Waals surface area contributed by atoms with Gasteiger partial charge < -0.3 is 0 Å². The molecule has 0 atom stereocenters. The lowest BCUT2D eigenvalue weighted by molar-refractivity contribution is -0.140. The number of rotatable bonds is 3. The van der Waals surface area contributed by atoms with Gasteiger partial charge in [0.05, 0.1) is 17.5 Å². The molecule has 0 spiro atoms. The molecule has 1 aromatic heterocycles. The number of halogens is 4. The van der Waals surface area contributed by atoms with E-state index in [2.05, 4.69) is 15.5 Å². The molecule has 0 bridgehead atoms. The minimum atomic E-state index is -4.73. The Bertz CT molecular complexity index is 634. The number of aromatic nitrogens is 1. The number of nitrogens with one attached hydrogen (secondary N) is 1. The van der Waals surface area contributed by atoms with Crippen LogP contribution in [0.5, 0.6) is 0 Å². The van der Waals surface area contributed by atoms with Crippen LogP contribution in [0, 0.1) is 12.7 Å². The molecule has 0 saturated carbocycles. The van der Waals surface area contributed by atoms with E-state index in [-0.39, 0.29) is 5.56 Å². The van der Waals surface area contributed by atoms with Crippen LogP contribution in [-0.4, -0.2) is 11.2 Å². The molecule has 0 saturated heterocycles. The number of benzene rings is 1. The van der Waals surface area contributed by atoms with Crippen molar-refractivity contribution in [2.45, 2.75) is 13.1 Å². The highest BCUT2D eigenvalue weighted by molar-refractivity contribution is 7.13. The van der Waals surface area contributed by atoms with Crippen LogP contribution in [0.4, 0.5) is 22.7 Å². The number of anilines is 1. The number of thiazole rings is 1. The van der Waals surface area contributed by atoms with Crippen molar-refractivity contribution in [3.05, 3.63) is 46.2 Å². The Morgan fingerprint density at radius 1 is 1.35 bits per heavy atom. The molecule has 0 aliphatic carbocycles. The molecule has 1 heterocycles. The molecule has 20 heavy (non-hydrogen) atoms. The zero-order valence-corrected chi connectivity index (χ0v) is 11.0. The smallest absolute Gasteiger partial charge is 0.253 e. The van der Waals surface area contributed by atoms with Crippen molar-refractivity contribution in [2.24, 2.45) is 5.10 Å². The molecular weight excluding hydrogens is 294 g/mol. The molecule has 1 N–H and O–H groups in total. The zero-order chi connectivity index (χ0) is 14.8. The van der Waals surface area contributed by atoms with Crippen molar-refractivity contribution in [3.8, 4) is 0 Å². The molecule has 0 unspecified atom stereocenters. The van der Waals surface area contributed by atoms with E-state index in [1.54, 1.807) is 12.3 Å². The Morgan fingerprint density at radius 3 is 2.70 bits per heavy atom. The molecule has 0 fully saturated rings. The minimum Gasteiger partial charge on any atom is -0.253 e. The van der Waals surface area contributed by atoms with Crippen molar-refractivity contribution in [1.29, 1.82) is 0 Å². The largest absolute Gasteiger partial charge is 0.419 e. The second-order valence-corrected chi connectivity index (χ2v) is 4.76. The predicted molar refractivity (Wildman–Crippen MR) is 69.5 cm³/mol. The molecule has 2 rings (SSSR count). The van der Waals surface area contributed by atoms with Gasteiger partial charge in [0.2, 0.25) is 5.13 Å². The van der Waals surface area contributed by atoms with E-state index in [1.807, 2.05) is 0 Å². The van der Waals surface area contributed by atoms with Crippen molar-refractivity contribution in [2.75, 3.05) is 5.43 Å². The maximum absolute atomic E-state index is 13.1. The normalized spacial score (nSPS) is 12.1. The van der Waals surface area contributed by atoms with Crippen LogP contribution < -0.4 is 5.43 Å². The van der Waals surface area contributed by atoms with Gasteiger partial charge in [-0.2, -0.15) is 18.3 Å². The van der Waals surface area contributed by atoms with Gasteiger partial charge in [-0.3, -0.25) is 5.43 Å². The Labute approximate surface area is 116 Å². The molecule has 0 radical (unpaired) electrons. The first-order valence-corrected chi connectivity index (χ1v) is 6.32. The summed E-state index contributed by atoms with van der Waals surface area (Å²) in [5.41, 5.74) is 2.23. The van der Waals surface area contributed by atoms with Gasteiger partial charge in [-0.15, -0.1) is 11.3 Å². The number of hydrazone groups is 1. The first-order chi connectivity index (χ1) is 9.36. The standard InChI is InChI=1S/C12H9F4N3S/c1-7-6-20-11(18-7)19-17-5-8-2-3-10(13)9(4-8)12(14,15)16/h2-6H,1H3,(H,18,19). The summed E-state index contributed by atoms with van der Waals surface area (Å²) in [5.74, 6) is -1.31. The van der Waals surface area contributed by atoms with Gasteiger partial charge in [-0.1, -0.05) is 6.07 Å². The Hall–Kier alpha value is -1.96. The van der Waals surface area contributed by atoms with Gasteiger partial charge in [0.1, 0.15) is 5.82 Å². The van der Waals surface area contributed by atoms with Gasteiger partial charge in [0.25, 0.3) is 0 Å². The monoisotopic (exact) mass is 303 g/mol. The molecule has 8 heteroatoms. The number of alkyl halides is 3. The summed E-state index contributed by atoms with van der Waals surface area (Å²) >= 11 is 1.32. The fraction of sp³-hybridized carbons (Fsp3) is 0.167. The predicted octanol–water partition coefficient (Wildman–Crippen LogP) is 4.06. The van der Waals surface area contributed by atoms with E-state index in [9.17, 15) is 17.6 Å². The number of aryl methyl sites for hydroxylation is 1. The molecule has 3 nitrogen and oxygen atoms in total. The fourth-order valence-corrected chi connectivity index (χ4v) is 2.04. The summed E-state index contributed by atoms with van der Waals surface area (Å²) in [5, 5.41) is 6.09. The molecule has 0 aliphatic rings. The van der Waals surface area contributed by atoms with Crippen LogP contribution in [0.25, 0.3) is 0 Å². The third-order valence-corrected chi connectivity index (χ3v) is 3.15. The Morgan fingerprint density at radius 2 is 2.10 bits per heavy atom. The molecule has 0 aliphatic heterocycles. The maximum Gasteiger partial charge on any atom is 0.419 e. The minimum absolute atomic E-state index is 0.138. The third-order valence-electron chi connectivity index (χ3n) is 2.29. The van der Waals surface area contributed by atoms with Gasteiger partial charge >= 0.3 is 6.18 Å². The van der Waals surface area contributed by atoms with E-state index >= 15 is 0 Å². The summed E-state index contributed by atoms with van der Waals surface area (Å²) in [6.45, 7) is 1.81. The Kier molecular flexibility index (Phi) is 4.03. The molecular formula is C12H9F4N3S. The van der Waals surface area contributed by atoms with E-state index in [4.69, 9.17) is 0 Å². The quantitative estimate of drug-likeness (QED) is 0.527. The summed E-state index contributed by atoms with van der Waals surface area (Å²) in [6, 6.07) is 2.67. The first-order valence-electron chi connectivity index (χ1n) is 5.44. The van der Waals surface area contributed by atoms with Crippen molar-refractivity contribution >= 4 is 22.7 Å². The lowest BCUT2D eigenvalue weighted by Crippen LogP contribution is -2.08. The average Bonchev–Trinajstić information content (AvgIpc) is 2.76. The van der Waals surface area contributed by atoms with Gasteiger partial charge in [-0.25, -0.2) is 9.37 Å². The summed E-state index contributed by atoms with van der Waals surface area (Å²) < 4.78 is 50.6. The van der Waals surface area contributed by atoms with Crippen molar-refractivity contribution in [3.63, 3.8) is 0 Å². The maximum atomic E-state index is 13.1. The zero-order valence-electron chi connectivity index (χ0n) is 10.2. The van der Waals surface area contributed by atoms with Crippen molar-refractivity contribution < 1.29 is 17.6 Å². The molecule has 2 aromatic rings. The summed E-state index contributed by atoms with van der Waals surface area (Å²) in [6.07, 6.45) is -3.56. The lowest BCUT2D eigenvalue weighted by atomic mass is 10.1.